The number of aromatic nitrogens is 1. The van der Waals surface area contributed by atoms with Gasteiger partial charge in [0.25, 0.3) is 5.91 Å². The SMILES string of the molecule is CC(C)c1cc(C(=O)N[C@H](Cc2ccccc2)C(=O)O)cc(=O)[nH]1. The molecule has 0 aliphatic rings. The third kappa shape index (κ3) is 4.55. The molecule has 1 amide bonds. The summed E-state index contributed by atoms with van der Waals surface area (Å²) < 4.78 is 0. The van der Waals surface area contributed by atoms with Crippen LogP contribution in [0.25, 0.3) is 0 Å². The molecular weight excluding hydrogens is 308 g/mol. The second kappa shape index (κ2) is 7.59. The fraction of sp³-hybridized carbons (Fsp3) is 0.278. The van der Waals surface area contributed by atoms with Crippen LogP contribution in [0, 0.1) is 0 Å². The van der Waals surface area contributed by atoms with Gasteiger partial charge in [-0.15, -0.1) is 0 Å². The lowest BCUT2D eigenvalue weighted by molar-refractivity contribution is -0.139. The number of amides is 1. The predicted octanol–water partition coefficient (Wildman–Crippen LogP) is 1.92. The monoisotopic (exact) mass is 328 g/mol. The molecule has 0 unspecified atom stereocenters. The van der Waals surface area contributed by atoms with Crippen LogP contribution in [-0.2, 0) is 11.2 Å². The molecule has 0 radical (unpaired) electrons. The summed E-state index contributed by atoms with van der Waals surface area (Å²) in [6.45, 7) is 3.78. The first-order valence-corrected chi connectivity index (χ1v) is 7.68. The number of carboxylic acid groups (broad SMARTS) is 1. The maximum atomic E-state index is 12.3. The van der Waals surface area contributed by atoms with Gasteiger partial charge in [-0.05, 0) is 17.5 Å². The molecule has 3 N–H and O–H groups in total. The number of carbonyl (C=O) groups is 2. The molecule has 0 fully saturated rings. The van der Waals surface area contributed by atoms with Crippen molar-refractivity contribution in [1.29, 1.82) is 0 Å². The van der Waals surface area contributed by atoms with Crippen molar-refractivity contribution < 1.29 is 14.7 Å². The van der Waals surface area contributed by atoms with Gasteiger partial charge in [0.2, 0.25) is 5.56 Å². The van der Waals surface area contributed by atoms with Crippen LogP contribution >= 0.6 is 0 Å². The van der Waals surface area contributed by atoms with E-state index in [1.807, 2.05) is 32.0 Å². The third-order valence-electron chi connectivity index (χ3n) is 3.64. The van der Waals surface area contributed by atoms with Crippen molar-refractivity contribution in [3.8, 4) is 0 Å². The maximum absolute atomic E-state index is 12.3. The number of hydrogen-bond donors (Lipinski definition) is 3. The molecule has 1 aromatic heterocycles. The Labute approximate surface area is 139 Å². The van der Waals surface area contributed by atoms with E-state index in [0.717, 1.165) is 5.56 Å². The lowest BCUT2D eigenvalue weighted by Gasteiger charge is -2.15. The number of hydrogen-bond acceptors (Lipinski definition) is 3. The maximum Gasteiger partial charge on any atom is 0.326 e. The van der Waals surface area contributed by atoms with E-state index < -0.39 is 17.9 Å². The van der Waals surface area contributed by atoms with Crippen LogP contribution in [0.2, 0.25) is 0 Å². The Bertz CT molecular complexity index is 781. The largest absolute Gasteiger partial charge is 0.480 e. The van der Waals surface area contributed by atoms with E-state index >= 15 is 0 Å². The van der Waals surface area contributed by atoms with Crippen molar-refractivity contribution in [2.45, 2.75) is 32.2 Å². The van der Waals surface area contributed by atoms with Crippen LogP contribution in [0.4, 0.5) is 0 Å². The van der Waals surface area contributed by atoms with Crippen LogP contribution in [0.15, 0.2) is 47.3 Å². The number of nitrogens with one attached hydrogen (secondary N) is 2. The minimum absolute atomic E-state index is 0.0463. The smallest absolute Gasteiger partial charge is 0.326 e. The van der Waals surface area contributed by atoms with Gasteiger partial charge in [0, 0.05) is 23.7 Å². The van der Waals surface area contributed by atoms with Crippen LogP contribution in [0.3, 0.4) is 0 Å². The van der Waals surface area contributed by atoms with Crippen molar-refractivity contribution >= 4 is 11.9 Å². The van der Waals surface area contributed by atoms with Crippen molar-refractivity contribution in [1.82, 2.24) is 10.3 Å². The van der Waals surface area contributed by atoms with E-state index in [1.54, 1.807) is 18.2 Å². The Kier molecular flexibility index (Phi) is 5.52. The molecule has 0 saturated heterocycles. The number of aromatic amines is 1. The highest BCUT2D eigenvalue weighted by molar-refractivity contribution is 5.96. The minimum Gasteiger partial charge on any atom is -0.480 e. The van der Waals surface area contributed by atoms with Crippen molar-refractivity contribution in [3.63, 3.8) is 0 Å². The molecular formula is C18H20N2O4. The lowest BCUT2D eigenvalue weighted by atomic mass is 10.0. The number of pyridine rings is 1. The average Bonchev–Trinajstić information content (AvgIpc) is 2.54. The summed E-state index contributed by atoms with van der Waals surface area (Å²) in [6.07, 6.45) is 0.169. The van der Waals surface area contributed by atoms with Crippen LogP contribution in [0.5, 0.6) is 0 Å². The fourth-order valence-corrected chi connectivity index (χ4v) is 2.30. The van der Waals surface area contributed by atoms with E-state index in [2.05, 4.69) is 10.3 Å². The standard InChI is InChI=1S/C18H20N2O4/c1-11(2)14-9-13(10-16(21)19-14)17(22)20-15(18(23)24)8-12-6-4-3-5-7-12/h3-7,9-11,15H,8H2,1-2H3,(H,19,21)(H,20,22)(H,23,24)/t15-/m1/s1. The van der Waals surface area contributed by atoms with Gasteiger partial charge in [0.05, 0.1) is 0 Å². The average molecular weight is 328 g/mol. The topological polar surface area (TPSA) is 99.3 Å². The quantitative estimate of drug-likeness (QED) is 0.754. The molecule has 0 saturated carbocycles. The highest BCUT2D eigenvalue weighted by Gasteiger charge is 2.21. The molecule has 0 bridgehead atoms. The Morgan fingerprint density at radius 3 is 2.42 bits per heavy atom. The highest BCUT2D eigenvalue weighted by Crippen LogP contribution is 2.11. The minimum atomic E-state index is -1.12. The number of H-pyrrole nitrogens is 1. The van der Waals surface area contributed by atoms with Crippen LogP contribution < -0.4 is 10.9 Å². The summed E-state index contributed by atoms with van der Waals surface area (Å²) in [6, 6.07) is 10.7. The zero-order chi connectivity index (χ0) is 17.7. The van der Waals surface area contributed by atoms with Crippen molar-refractivity contribution in [3.05, 3.63) is 69.6 Å². The third-order valence-corrected chi connectivity index (χ3v) is 3.64. The number of benzene rings is 1. The second-order valence-electron chi connectivity index (χ2n) is 5.90. The van der Waals surface area contributed by atoms with Gasteiger partial charge in [-0.25, -0.2) is 4.79 Å². The van der Waals surface area contributed by atoms with E-state index in [0.29, 0.717) is 5.69 Å². The second-order valence-corrected chi connectivity index (χ2v) is 5.90. The molecule has 24 heavy (non-hydrogen) atoms. The molecule has 6 nitrogen and oxygen atoms in total. The molecule has 1 atom stereocenters. The van der Waals surface area contributed by atoms with E-state index in [9.17, 15) is 19.5 Å². The zero-order valence-corrected chi connectivity index (χ0v) is 13.6. The molecule has 0 aliphatic heterocycles. The first-order chi connectivity index (χ1) is 11.4. The normalized spacial score (nSPS) is 12.0. The van der Waals surface area contributed by atoms with E-state index in [4.69, 9.17) is 0 Å². The molecule has 0 aliphatic carbocycles. The van der Waals surface area contributed by atoms with Gasteiger partial charge >= 0.3 is 5.97 Å². The van der Waals surface area contributed by atoms with Crippen molar-refractivity contribution in [2.24, 2.45) is 0 Å². The highest BCUT2D eigenvalue weighted by atomic mass is 16.4. The molecule has 2 aromatic rings. The van der Waals surface area contributed by atoms with Crippen LogP contribution in [-0.4, -0.2) is 28.0 Å². The molecule has 2 rings (SSSR count). The zero-order valence-electron chi connectivity index (χ0n) is 13.6. The van der Waals surface area contributed by atoms with Gasteiger partial charge in [-0.3, -0.25) is 9.59 Å². The Morgan fingerprint density at radius 2 is 1.83 bits per heavy atom. The Balaban J connectivity index is 2.19. The van der Waals surface area contributed by atoms with Gasteiger partial charge in [-0.1, -0.05) is 44.2 Å². The Hall–Kier alpha value is -2.89. The summed E-state index contributed by atoms with van der Waals surface area (Å²) in [5.74, 6) is -1.66. The number of carbonyl (C=O) groups excluding carboxylic acids is 1. The summed E-state index contributed by atoms with van der Waals surface area (Å²) in [4.78, 5) is 38.1. The lowest BCUT2D eigenvalue weighted by Crippen LogP contribution is -2.42. The van der Waals surface area contributed by atoms with E-state index in [1.165, 1.54) is 6.07 Å². The van der Waals surface area contributed by atoms with Crippen LogP contribution in [0.1, 0.15) is 41.4 Å². The number of aliphatic carboxylic acids is 1. The van der Waals surface area contributed by atoms with E-state index in [-0.39, 0.29) is 23.5 Å². The van der Waals surface area contributed by atoms with Gasteiger partial charge < -0.3 is 15.4 Å². The molecule has 126 valence electrons. The summed E-state index contributed by atoms with van der Waals surface area (Å²) in [5.41, 5.74) is 1.20. The fourth-order valence-electron chi connectivity index (χ4n) is 2.30. The summed E-state index contributed by atoms with van der Waals surface area (Å²) in [5, 5.41) is 11.8. The number of rotatable bonds is 6. The molecule has 6 heteroatoms. The Morgan fingerprint density at radius 1 is 1.17 bits per heavy atom. The van der Waals surface area contributed by atoms with Crippen molar-refractivity contribution in [2.75, 3.05) is 0 Å². The predicted molar refractivity (Wildman–Crippen MR) is 90.2 cm³/mol. The number of carboxylic acids is 1. The van der Waals surface area contributed by atoms with Gasteiger partial charge in [0.1, 0.15) is 6.04 Å². The molecule has 1 aromatic carbocycles. The summed E-state index contributed by atoms with van der Waals surface area (Å²) >= 11 is 0. The van der Waals surface area contributed by atoms with Gasteiger partial charge in [-0.2, -0.15) is 0 Å². The summed E-state index contributed by atoms with van der Waals surface area (Å²) in [7, 11) is 0. The van der Waals surface area contributed by atoms with Gasteiger partial charge in [0.15, 0.2) is 0 Å². The first-order valence-electron chi connectivity index (χ1n) is 7.68. The molecule has 1 heterocycles. The first kappa shape index (κ1) is 17.5. The molecule has 0 spiro atoms.